The largest absolute Gasteiger partial charge is 0.416 e. The van der Waals surface area contributed by atoms with Gasteiger partial charge in [0.15, 0.2) is 0 Å². The number of nitrogens with one attached hydrogen (secondary N) is 2. The molecular formula is C36H44F6N6O3. The standard InChI is InChI=1S/C36H44F6N6O3/c1-45-12-6-24(7-13-45)25-8-14-46(15-9-25)32(49)31(20-23-18-27(35(37,38)39)21-28(19-23)36(40,41)42)44-33(50)47-16-10-29(11-17-47)48-22-26-4-2-3-5-30(26)43-34(48)51/h2-5,18-19,21,24-25,29,31H,6-17,20,22H2,1H3,(H,43,51)(H,44,50). The van der Waals surface area contributed by atoms with Crippen molar-refractivity contribution in [1.29, 1.82) is 0 Å². The van der Waals surface area contributed by atoms with Crippen LogP contribution < -0.4 is 10.6 Å². The Balaban J connectivity index is 1.15. The third-order valence-corrected chi connectivity index (χ3v) is 11.0. The molecule has 2 aromatic rings. The first-order chi connectivity index (χ1) is 24.2. The molecule has 1 atom stereocenters. The second-order valence-electron chi connectivity index (χ2n) is 14.4. The van der Waals surface area contributed by atoms with Crippen molar-refractivity contribution in [2.24, 2.45) is 11.8 Å². The van der Waals surface area contributed by atoms with Gasteiger partial charge in [0.25, 0.3) is 0 Å². The molecule has 0 radical (unpaired) electrons. The van der Waals surface area contributed by atoms with Gasteiger partial charge in [-0.2, -0.15) is 26.3 Å². The summed E-state index contributed by atoms with van der Waals surface area (Å²) in [6.45, 7) is 3.70. The van der Waals surface area contributed by atoms with E-state index in [-0.39, 0.29) is 36.8 Å². The predicted molar refractivity (Wildman–Crippen MR) is 178 cm³/mol. The number of benzene rings is 2. The summed E-state index contributed by atoms with van der Waals surface area (Å²) in [5.74, 6) is 0.425. The molecule has 2 aromatic carbocycles. The van der Waals surface area contributed by atoms with Gasteiger partial charge in [-0.25, -0.2) is 9.59 Å². The van der Waals surface area contributed by atoms with Gasteiger partial charge in [-0.15, -0.1) is 0 Å². The van der Waals surface area contributed by atoms with Crippen molar-refractivity contribution in [2.75, 3.05) is 51.6 Å². The lowest BCUT2D eigenvalue weighted by Gasteiger charge is -2.41. The molecule has 3 saturated heterocycles. The van der Waals surface area contributed by atoms with E-state index in [1.54, 1.807) is 9.80 Å². The first kappa shape index (κ1) is 36.8. The van der Waals surface area contributed by atoms with Crippen molar-refractivity contribution in [3.63, 3.8) is 0 Å². The Kier molecular flexibility index (Phi) is 10.8. The number of rotatable bonds is 6. The van der Waals surface area contributed by atoms with Crippen LogP contribution in [-0.4, -0.2) is 96.0 Å². The third kappa shape index (κ3) is 8.73. The third-order valence-electron chi connectivity index (χ3n) is 11.0. The molecule has 0 aromatic heterocycles. The lowest BCUT2D eigenvalue weighted by atomic mass is 9.79. The molecule has 1 unspecified atom stereocenters. The second-order valence-corrected chi connectivity index (χ2v) is 14.4. The number of alkyl halides is 6. The van der Waals surface area contributed by atoms with Gasteiger partial charge in [-0.3, -0.25) is 4.79 Å². The maximum Gasteiger partial charge on any atom is 0.416 e. The maximum absolute atomic E-state index is 14.0. The molecule has 2 N–H and O–H groups in total. The van der Waals surface area contributed by atoms with Crippen LogP contribution in [0.15, 0.2) is 42.5 Å². The van der Waals surface area contributed by atoms with Crippen LogP contribution in [0.3, 0.4) is 0 Å². The maximum atomic E-state index is 14.0. The van der Waals surface area contributed by atoms with E-state index >= 15 is 0 Å². The number of urea groups is 2. The zero-order valence-corrected chi connectivity index (χ0v) is 28.5. The summed E-state index contributed by atoms with van der Waals surface area (Å²) in [5, 5.41) is 5.57. The molecule has 3 fully saturated rings. The normalized spacial score (nSPS) is 20.9. The van der Waals surface area contributed by atoms with E-state index in [0.717, 1.165) is 50.0 Å². The lowest BCUT2D eigenvalue weighted by molar-refractivity contribution is -0.143. The average Bonchev–Trinajstić information content (AvgIpc) is 3.10. The highest BCUT2D eigenvalue weighted by Crippen LogP contribution is 2.37. The van der Waals surface area contributed by atoms with Crippen LogP contribution in [0.2, 0.25) is 0 Å². The highest BCUT2D eigenvalue weighted by atomic mass is 19.4. The van der Waals surface area contributed by atoms with Gasteiger partial charge < -0.3 is 30.2 Å². The van der Waals surface area contributed by atoms with E-state index in [9.17, 15) is 40.7 Å². The molecule has 4 aliphatic rings. The first-order valence-corrected chi connectivity index (χ1v) is 17.6. The molecule has 4 aliphatic heterocycles. The number of halogens is 6. The van der Waals surface area contributed by atoms with Crippen LogP contribution >= 0.6 is 0 Å². The van der Waals surface area contributed by atoms with E-state index in [2.05, 4.69) is 22.6 Å². The molecule has 51 heavy (non-hydrogen) atoms. The molecule has 15 heteroatoms. The predicted octanol–water partition coefficient (Wildman–Crippen LogP) is 6.44. The number of amides is 5. The van der Waals surface area contributed by atoms with Gasteiger partial charge in [0.05, 0.1) is 11.1 Å². The topological polar surface area (TPSA) is 88.2 Å². The fourth-order valence-electron chi connectivity index (χ4n) is 8.02. The number of hydrogen-bond acceptors (Lipinski definition) is 4. The fourth-order valence-corrected chi connectivity index (χ4v) is 8.02. The summed E-state index contributed by atoms with van der Waals surface area (Å²) < 4.78 is 82.2. The quantitative estimate of drug-likeness (QED) is 0.337. The minimum atomic E-state index is -5.05. The molecule has 0 aliphatic carbocycles. The van der Waals surface area contributed by atoms with Crippen LogP contribution in [0.5, 0.6) is 0 Å². The van der Waals surface area contributed by atoms with E-state index < -0.39 is 47.9 Å². The summed E-state index contributed by atoms with van der Waals surface area (Å²) in [4.78, 5) is 47.5. The second kappa shape index (κ2) is 14.9. The number of nitrogens with zero attached hydrogens (tertiary/aromatic N) is 4. The Morgan fingerprint density at radius 1 is 0.804 bits per heavy atom. The number of likely N-dealkylation sites (tertiary alicyclic amines) is 3. The Morgan fingerprint density at radius 3 is 1.94 bits per heavy atom. The molecule has 4 heterocycles. The highest BCUT2D eigenvalue weighted by molar-refractivity contribution is 5.92. The summed E-state index contributed by atoms with van der Waals surface area (Å²) >= 11 is 0. The molecule has 9 nitrogen and oxygen atoms in total. The van der Waals surface area contributed by atoms with Gasteiger partial charge in [0.2, 0.25) is 5.91 Å². The van der Waals surface area contributed by atoms with Crippen molar-refractivity contribution >= 4 is 23.7 Å². The number of carbonyl (C=O) groups excluding carboxylic acids is 3. The Labute approximate surface area is 293 Å². The van der Waals surface area contributed by atoms with E-state index in [0.29, 0.717) is 56.4 Å². The van der Waals surface area contributed by atoms with Crippen molar-refractivity contribution < 1.29 is 40.7 Å². The molecule has 0 saturated carbocycles. The number of carbonyl (C=O) groups is 3. The number of piperidine rings is 3. The van der Waals surface area contributed by atoms with Gasteiger partial charge >= 0.3 is 24.4 Å². The summed E-state index contributed by atoms with van der Waals surface area (Å²) in [6, 6.07) is 6.36. The van der Waals surface area contributed by atoms with Crippen molar-refractivity contribution in [1.82, 2.24) is 24.9 Å². The van der Waals surface area contributed by atoms with E-state index in [1.165, 1.54) is 4.90 Å². The van der Waals surface area contributed by atoms with Crippen molar-refractivity contribution in [3.8, 4) is 0 Å². The Bertz CT molecular complexity index is 1550. The number of hydrogen-bond donors (Lipinski definition) is 2. The minimum absolute atomic E-state index is 0.0536. The van der Waals surface area contributed by atoms with Crippen LogP contribution in [0.4, 0.5) is 41.6 Å². The van der Waals surface area contributed by atoms with Crippen LogP contribution in [-0.2, 0) is 30.1 Å². The molecule has 0 bridgehead atoms. The SMILES string of the molecule is CN1CCC(C2CCN(C(=O)C(Cc3cc(C(F)(F)F)cc(C(F)(F)F)c3)NC(=O)N3CCC(N4Cc5ccccc5NC4=O)CC3)CC2)CC1. The Hall–Kier alpha value is -4.01. The zero-order chi connectivity index (χ0) is 36.5. The first-order valence-electron chi connectivity index (χ1n) is 17.6. The smallest absolute Gasteiger partial charge is 0.341 e. The van der Waals surface area contributed by atoms with E-state index in [1.807, 2.05) is 24.3 Å². The molecule has 278 valence electrons. The zero-order valence-electron chi connectivity index (χ0n) is 28.5. The lowest BCUT2D eigenvalue weighted by Crippen LogP contribution is -2.57. The van der Waals surface area contributed by atoms with Crippen molar-refractivity contribution in [2.45, 2.75) is 75.9 Å². The van der Waals surface area contributed by atoms with Gasteiger partial charge in [-0.1, -0.05) is 18.2 Å². The van der Waals surface area contributed by atoms with Crippen LogP contribution in [0.25, 0.3) is 0 Å². The van der Waals surface area contributed by atoms with Crippen molar-refractivity contribution in [3.05, 3.63) is 64.7 Å². The average molecular weight is 723 g/mol. The van der Waals surface area contributed by atoms with E-state index in [4.69, 9.17) is 0 Å². The minimum Gasteiger partial charge on any atom is -0.341 e. The molecule has 5 amide bonds. The highest BCUT2D eigenvalue weighted by Gasteiger charge is 2.39. The number of anilines is 1. The fraction of sp³-hybridized carbons (Fsp3) is 0.583. The van der Waals surface area contributed by atoms with Crippen LogP contribution in [0, 0.1) is 11.8 Å². The molecular weight excluding hydrogens is 678 g/mol. The monoisotopic (exact) mass is 722 g/mol. The summed E-state index contributed by atoms with van der Waals surface area (Å²) in [6.07, 6.45) is -6.12. The molecule has 0 spiro atoms. The van der Waals surface area contributed by atoms with Gasteiger partial charge in [0.1, 0.15) is 6.04 Å². The molecule has 6 rings (SSSR count). The Morgan fingerprint density at radius 2 is 1.35 bits per heavy atom. The summed E-state index contributed by atoms with van der Waals surface area (Å²) in [5.41, 5.74) is -1.59. The summed E-state index contributed by atoms with van der Waals surface area (Å²) in [7, 11) is 2.09. The van der Waals surface area contributed by atoms with Crippen LogP contribution in [0.1, 0.15) is 60.8 Å². The van der Waals surface area contributed by atoms with Gasteiger partial charge in [-0.05, 0) is 106 Å². The van der Waals surface area contributed by atoms with Gasteiger partial charge in [0, 0.05) is 50.9 Å². The number of para-hydroxylation sites is 1. The number of fused-ring (bicyclic) bond motifs is 1.